The van der Waals surface area contributed by atoms with E-state index in [0.29, 0.717) is 17.8 Å². The Morgan fingerprint density at radius 1 is 1.10 bits per heavy atom. The summed E-state index contributed by atoms with van der Waals surface area (Å²) in [6.07, 6.45) is 0. The van der Waals surface area contributed by atoms with Crippen molar-refractivity contribution in [1.82, 2.24) is 4.90 Å². The third kappa shape index (κ3) is 3.09. The number of hydrogen-bond donors (Lipinski definition) is 0. The summed E-state index contributed by atoms with van der Waals surface area (Å²) in [6, 6.07) is 0.346. The zero-order valence-electron chi connectivity index (χ0n) is 6.61. The van der Waals surface area contributed by atoms with Crippen molar-refractivity contribution < 1.29 is 0 Å². The SMILES string of the molecule is CCN(CC)C(CCl)CCl. The molecule has 0 fully saturated rings. The van der Waals surface area contributed by atoms with Gasteiger partial charge in [-0.15, -0.1) is 23.2 Å². The Bertz CT molecular complexity index is 60.0. The summed E-state index contributed by atoms with van der Waals surface area (Å²) in [4.78, 5) is 2.26. The fourth-order valence-corrected chi connectivity index (χ4v) is 1.70. The van der Waals surface area contributed by atoms with Crippen LogP contribution in [0.1, 0.15) is 13.8 Å². The lowest BCUT2D eigenvalue weighted by atomic mass is 10.3. The van der Waals surface area contributed by atoms with Crippen LogP contribution in [-0.4, -0.2) is 35.8 Å². The van der Waals surface area contributed by atoms with Gasteiger partial charge in [0.05, 0.1) is 0 Å². The van der Waals surface area contributed by atoms with Gasteiger partial charge in [0.1, 0.15) is 0 Å². The summed E-state index contributed by atoms with van der Waals surface area (Å²) in [5.74, 6) is 1.26. The molecule has 10 heavy (non-hydrogen) atoms. The Labute approximate surface area is 73.3 Å². The van der Waals surface area contributed by atoms with Crippen molar-refractivity contribution in [1.29, 1.82) is 0 Å². The molecule has 0 aromatic carbocycles. The smallest absolute Gasteiger partial charge is 0.0391 e. The summed E-state index contributed by atoms with van der Waals surface area (Å²) < 4.78 is 0. The molecule has 1 nitrogen and oxygen atoms in total. The van der Waals surface area contributed by atoms with Crippen molar-refractivity contribution in [3.8, 4) is 0 Å². The van der Waals surface area contributed by atoms with Gasteiger partial charge in [0, 0.05) is 17.8 Å². The van der Waals surface area contributed by atoms with Gasteiger partial charge < -0.3 is 0 Å². The van der Waals surface area contributed by atoms with E-state index in [1.165, 1.54) is 0 Å². The maximum absolute atomic E-state index is 5.69. The van der Waals surface area contributed by atoms with Gasteiger partial charge in [0.25, 0.3) is 0 Å². The van der Waals surface area contributed by atoms with Crippen molar-refractivity contribution in [3.63, 3.8) is 0 Å². The monoisotopic (exact) mass is 183 g/mol. The van der Waals surface area contributed by atoms with Gasteiger partial charge in [-0.25, -0.2) is 0 Å². The largest absolute Gasteiger partial charge is 0.299 e. The molecule has 0 aromatic rings. The topological polar surface area (TPSA) is 3.24 Å². The molecule has 0 aromatic heterocycles. The van der Waals surface area contributed by atoms with Crippen LogP contribution < -0.4 is 0 Å². The van der Waals surface area contributed by atoms with Crippen LogP contribution in [0, 0.1) is 0 Å². The molecule has 0 unspecified atom stereocenters. The van der Waals surface area contributed by atoms with E-state index < -0.39 is 0 Å². The first-order valence-electron chi connectivity index (χ1n) is 3.66. The van der Waals surface area contributed by atoms with Crippen molar-refractivity contribution >= 4 is 23.2 Å². The van der Waals surface area contributed by atoms with Gasteiger partial charge in [-0.3, -0.25) is 4.90 Å². The highest BCUT2D eigenvalue weighted by Gasteiger charge is 2.11. The Balaban J connectivity index is 3.70. The molecule has 0 rings (SSSR count). The molecule has 0 saturated carbocycles. The molecule has 3 heteroatoms. The lowest BCUT2D eigenvalue weighted by molar-refractivity contribution is 0.251. The minimum Gasteiger partial charge on any atom is -0.299 e. The normalized spacial score (nSPS) is 11.4. The van der Waals surface area contributed by atoms with E-state index in [9.17, 15) is 0 Å². The minimum atomic E-state index is 0.346. The molecule has 0 saturated heterocycles. The fraction of sp³-hybridized carbons (Fsp3) is 1.00. The average Bonchev–Trinajstić information content (AvgIpc) is 2.00. The third-order valence-corrected chi connectivity index (χ3v) is 2.40. The predicted molar refractivity (Wildman–Crippen MR) is 48.1 cm³/mol. The van der Waals surface area contributed by atoms with Gasteiger partial charge in [-0.1, -0.05) is 13.8 Å². The van der Waals surface area contributed by atoms with Gasteiger partial charge in [-0.2, -0.15) is 0 Å². The molecule has 0 bridgehead atoms. The zero-order valence-corrected chi connectivity index (χ0v) is 8.12. The van der Waals surface area contributed by atoms with Crippen LogP contribution in [-0.2, 0) is 0 Å². The first-order valence-corrected chi connectivity index (χ1v) is 4.72. The van der Waals surface area contributed by atoms with Crippen LogP contribution >= 0.6 is 23.2 Å². The van der Waals surface area contributed by atoms with E-state index in [0.717, 1.165) is 13.1 Å². The number of nitrogens with zero attached hydrogens (tertiary/aromatic N) is 1. The molecule has 0 aliphatic rings. The van der Waals surface area contributed by atoms with Crippen molar-refractivity contribution in [2.24, 2.45) is 0 Å². The van der Waals surface area contributed by atoms with Gasteiger partial charge in [0.15, 0.2) is 0 Å². The predicted octanol–water partition coefficient (Wildman–Crippen LogP) is 2.17. The molecule has 0 spiro atoms. The summed E-state index contributed by atoms with van der Waals surface area (Å²) >= 11 is 11.4. The number of hydrogen-bond acceptors (Lipinski definition) is 1. The highest BCUT2D eigenvalue weighted by Crippen LogP contribution is 2.03. The number of alkyl halides is 2. The van der Waals surface area contributed by atoms with Crippen molar-refractivity contribution in [2.75, 3.05) is 24.8 Å². The maximum atomic E-state index is 5.69. The van der Waals surface area contributed by atoms with Crippen LogP contribution in [0.2, 0.25) is 0 Å². The number of halogens is 2. The minimum absolute atomic E-state index is 0.346. The van der Waals surface area contributed by atoms with Gasteiger partial charge in [0.2, 0.25) is 0 Å². The fourth-order valence-electron chi connectivity index (χ4n) is 0.976. The zero-order chi connectivity index (χ0) is 7.98. The van der Waals surface area contributed by atoms with E-state index in [1.54, 1.807) is 0 Å². The van der Waals surface area contributed by atoms with Gasteiger partial charge in [-0.05, 0) is 13.1 Å². The molecule has 0 heterocycles. The van der Waals surface area contributed by atoms with Crippen LogP contribution in [0.3, 0.4) is 0 Å². The van der Waals surface area contributed by atoms with Crippen LogP contribution in [0.5, 0.6) is 0 Å². The standard InChI is InChI=1S/C7H15Cl2N/c1-3-10(4-2)7(5-8)6-9/h7H,3-6H2,1-2H3. The van der Waals surface area contributed by atoms with E-state index in [4.69, 9.17) is 23.2 Å². The van der Waals surface area contributed by atoms with E-state index >= 15 is 0 Å². The molecular formula is C7H15Cl2N. The highest BCUT2D eigenvalue weighted by atomic mass is 35.5. The summed E-state index contributed by atoms with van der Waals surface area (Å²) in [7, 11) is 0. The first kappa shape index (κ1) is 10.5. The second-order valence-electron chi connectivity index (χ2n) is 2.18. The van der Waals surface area contributed by atoms with Crippen LogP contribution in [0.15, 0.2) is 0 Å². The van der Waals surface area contributed by atoms with Crippen molar-refractivity contribution in [3.05, 3.63) is 0 Å². The molecule has 0 aliphatic heterocycles. The summed E-state index contributed by atoms with van der Waals surface area (Å²) in [6.45, 7) is 6.30. The summed E-state index contributed by atoms with van der Waals surface area (Å²) in [5.41, 5.74) is 0. The number of rotatable bonds is 5. The molecule has 0 radical (unpaired) electrons. The van der Waals surface area contributed by atoms with Crippen molar-refractivity contribution in [2.45, 2.75) is 19.9 Å². The van der Waals surface area contributed by atoms with Crippen LogP contribution in [0.4, 0.5) is 0 Å². The Morgan fingerprint density at radius 3 is 1.60 bits per heavy atom. The molecule has 0 N–H and O–H groups in total. The molecule has 0 aliphatic carbocycles. The average molecular weight is 184 g/mol. The highest BCUT2D eigenvalue weighted by molar-refractivity contribution is 6.21. The summed E-state index contributed by atoms with van der Waals surface area (Å²) in [5, 5.41) is 0. The van der Waals surface area contributed by atoms with E-state index in [2.05, 4.69) is 18.7 Å². The Morgan fingerprint density at radius 2 is 1.50 bits per heavy atom. The third-order valence-electron chi connectivity index (χ3n) is 1.68. The van der Waals surface area contributed by atoms with Gasteiger partial charge >= 0.3 is 0 Å². The Hall–Kier alpha value is 0.540. The second kappa shape index (κ2) is 6.26. The molecule has 0 atom stereocenters. The molecular weight excluding hydrogens is 169 g/mol. The second-order valence-corrected chi connectivity index (χ2v) is 2.80. The van der Waals surface area contributed by atoms with Crippen LogP contribution in [0.25, 0.3) is 0 Å². The quantitative estimate of drug-likeness (QED) is 0.592. The first-order chi connectivity index (χ1) is 4.79. The Kier molecular flexibility index (Phi) is 6.60. The molecule has 0 amide bonds. The maximum Gasteiger partial charge on any atom is 0.0391 e. The van der Waals surface area contributed by atoms with E-state index in [-0.39, 0.29) is 0 Å². The molecule has 62 valence electrons. The lowest BCUT2D eigenvalue weighted by Gasteiger charge is -2.25. The lowest BCUT2D eigenvalue weighted by Crippen LogP contribution is -2.37. The van der Waals surface area contributed by atoms with E-state index in [1.807, 2.05) is 0 Å².